The predicted molar refractivity (Wildman–Crippen MR) is 77.3 cm³/mol. The Balaban J connectivity index is 1.92. The quantitative estimate of drug-likeness (QED) is 0.791. The Hall–Kier alpha value is -2.56. The molecule has 0 bridgehead atoms. The highest BCUT2D eigenvalue weighted by Crippen LogP contribution is 2.21. The van der Waals surface area contributed by atoms with Gasteiger partial charge < -0.3 is 9.47 Å². The van der Waals surface area contributed by atoms with Crippen molar-refractivity contribution in [3.8, 4) is 0 Å². The summed E-state index contributed by atoms with van der Waals surface area (Å²) < 4.78 is 1.98. The summed E-state index contributed by atoms with van der Waals surface area (Å²) in [6.07, 6.45) is 5.42. The van der Waals surface area contributed by atoms with Gasteiger partial charge in [-0.2, -0.15) is 5.10 Å². The summed E-state index contributed by atoms with van der Waals surface area (Å²) in [7, 11) is 3.76. The highest BCUT2D eigenvalue weighted by atomic mass is 16.2. The topological polar surface area (TPSA) is 53.9 Å². The van der Waals surface area contributed by atoms with Crippen molar-refractivity contribution in [1.82, 2.24) is 19.7 Å². The Morgan fingerprint density at radius 2 is 2.20 bits per heavy atom. The first-order chi connectivity index (χ1) is 9.66. The minimum Gasteiger partial charge on any atom is -0.350 e. The molecule has 102 valence electrons. The molecule has 1 amide bonds. The van der Waals surface area contributed by atoms with Crippen molar-refractivity contribution in [2.75, 3.05) is 7.05 Å². The Morgan fingerprint density at radius 3 is 2.95 bits per heavy atom. The van der Waals surface area contributed by atoms with E-state index in [1.165, 1.54) is 0 Å². The lowest BCUT2D eigenvalue weighted by molar-refractivity contribution is 0.0787. The van der Waals surface area contributed by atoms with Crippen LogP contribution in [0.15, 0.2) is 42.9 Å². The van der Waals surface area contributed by atoms with Gasteiger partial charge in [-0.05, 0) is 6.07 Å². The van der Waals surface area contributed by atoms with Crippen LogP contribution in [0.2, 0.25) is 0 Å². The molecule has 0 atom stereocenters. The maximum absolute atomic E-state index is 12.6. The van der Waals surface area contributed by atoms with Gasteiger partial charge in [0.05, 0.1) is 11.8 Å². The Labute approximate surface area is 116 Å². The number of carbonyl (C=O) groups is 1. The van der Waals surface area contributed by atoms with Gasteiger partial charge >= 0.3 is 0 Å². The Morgan fingerprint density at radius 1 is 1.40 bits per heavy atom. The number of H-pyrrole nitrogens is 1. The first kappa shape index (κ1) is 12.5. The minimum absolute atomic E-state index is 0.0167. The van der Waals surface area contributed by atoms with Crippen LogP contribution >= 0.6 is 0 Å². The van der Waals surface area contributed by atoms with E-state index >= 15 is 0 Å². The molecule has 1 N–H and O–H groups in total. The summed E-state index contributed by atoms with van der Waals surface area (Å²) in [5.74, 6) is 0.0167. The van der Waals surface area contributed by atoms with Crippen molar-refractivity contribution < 1.29 is 4.79 Å². The molecule has 0 saturated heterocycles. The van der Waals surface area contributed by atoms with Crippen LogP contribution in [0.5, 0.6) is 0 Å². The van der Waals surface area contributed by atoms with E-state index in [0.29, 0.717) is 6.54 Å². The summed E-state index contributed by atoms with van der Waals surface area (Å²) in [5.41, 5.74) is 2.78. The Kier molecular flexibility index (Phi) is 3.02. The van der Waals surface area contributed by atoms with E-state index in [0.717, 1.165) is 22.0 Å². The number of rotatable bonds is 3. The first-order valence-corrected chi connectivity index (χ1v) is 6.44. The molecule has 1 aromatic carbocycles. The molecule has 3 rings (SSSR count). The normalized spacial score (nSPS) is 10.9. The highest BCUT2D eigenvalue weighted by molar-refractivity contribution is 6.06. The van der Waals surface area contributed by atoms with Gasteiger partial charge in [0.1, 0.15) is 0 Å². The molecule has 20 heavy (non-hydrogen) atoms. The average molecular weight is 268 g/mol. The van der Waals surface area contributed by atoms with Crippen molar-refractivity contribution in [2.24, 2.45) is 7.05 Å². The SMILES string of the molecule is CN(Cc1cn[nH]c1)C(=O)c1cn(C)c2ccccc12. The second-order valence-electron chi connectivity index (χ2n) is 4.94. The second kappa shape index (κ2) is 4.85. The zero-order valence-electron chi connectivity index (χ0n) is 11.5. The number of amides is 1. The van der Waals surface area contributed by atoms with Crippen molar-refractivity contribution >= 4 is 16.8 Å². The fourth-order valence-corrected chi connectivity index (χ4v) is 2.43. The number of carbonyl (C=O) groups excluding carboxylic acids is 1. The number of benzene rings is 1. The first-order valence-electron chi connectivity index (χ1n) is 6.44. The van der Waals surface area contributed by atoms with Crippen LogP contribution in [-0.2, 0) is 13.6 Å². The highest BCUT2D eigenvalue weighted by Gasteiger charge is 2.17. The largest absolute Gasteiger partial charge is 0.350 e. The average Bonchev–Trinajstić information content (AvgIpc) is 3.07. The molecule has 0 aliphatic heterocycles. The summed E-state index contributed by atoms with van der Waals surface area (Å²) in [4.78, 5) is 14.3. The van der Waals surface area contributed by atoms with E-state index < -0.39 is 0 Å². The molecule has 0 fully saturated rings. The number of nitrogens with one attached hydrogen (secondary N) is 1. The van der Waals surface area contributed by atoms with Gasteiger partial charge in [0, 0.05) is 49.5 Å². The van der Waals surface area contributed by atoms with Crippen molar-refractivity contribution in [3.05, 3.63) is 54.0 Å². The molecule has 0 radical (unpaired) electrons. The monoisotopic (exact) mass is 268 g/mol. The van der Waals surface area contributed by atoms with Crippen LogP contribution in [0, 0.1) is 0 Å². The van der Waals surface area contributed by atoms with Gasteiger partial charge in [0.2, 0.25) is 0 Å². The summed E-state index contributed by atoms with van der Waals surface area (Å²) in [6.45, 7) is 0.540. The molecular formula is C15H16N4O. The minimum atomic E-state index is 0.0167. The van der Waals surface area contributed by atoms with Gasteiger partial charge in [-0.25, -0.2) is 0 Å². The standard InChI is InChI=1S/C15H16N4O/c1-18-10-13(12-5-3-4-6-14(12)18)15(20)19(2)9-11-7-16-17-8-11/h3-8,10H,9H2,1-2H3,(H,16,17). The third kappa shape index (κ3) is 2.07. The van der Waals surface area contributed by atoms with Crippen LogP contribution in [0.1, 0.15) is 15.9 Å². The van der Waals surface area contributed by atoms with Crippen LogP contribution in [0.3, 0.4) is 0 Å². The number of fused-ring (bicyclic) bond motifs is 1. The lowest BCUT2D eigenvalue weighted by Gasteiger charge is -2.15. The number of hydrogen-bond donors (Lipinski definition) is 1. The van der Waals surface area contributed by atoms with Gasteiger partial charge in [-0.15, -0.1) is 0 Å². The fourth-order valence-electron chi connectivity index (χ4n) is 2.43. The summed E-state index contributed by atoms with van der Waals surface area (Å²) >= 11 is 0. The molecule has 2 heterocycles. The third-order valence-corrected chi connectivity index (χ3v) is 3.45. The molecule has 3 aromatic rings. The molecule has 5 heteroatoms. The van der Waals surface area contributed by atoms with E-state index in [1.54, 1.807) is 24.3 Å². The number of nitrogens with zero attached hydrogens (tertiary/aromatic N) is 3. The summed E-state index contributed by atoms with van der Waals surface area (Å²) in [6, 6.07) is 7.93. The second-order valence-corrected chi connectivity index (χ2v) is 4.94. The maximum Gasteiger partial charge on any atom is 0.256 e. The molecule has 0 saturated carbocycles. The van der Waals surface area contributed by atoms with Crippen LogP contribution in [-0.4, -0.2) is 32.6 Å². The summed E-state index contributed by atoms with van der Waals surface area (Å²) in [5, 5.41) is 7.63. The lowest BCUT2D eigenvalue weighted by Crippen LogP contribution is -2.25. The smallest absolute Gasteiger partial charge is 0.256 e. The zero-order chi connectivity index (χ0) is 14.1. The number of aryl methyl sites for hydroxylation is 1. The predicted octanol–water partition coefficient (Wildman–Crippen LogP) is 2.17. The van der Waals surface area contributed by atoms with Crippen molar-refractivity contribution in [3.63, 3.8) is 0 Å². The Bertz CT molecular complexity index is 742. The van der Waals surface area contributed by atoms with E-state index in [1.807, 2.05) is 42.1 Å². The van der Waals surface area contributed by atoms with Crippen molar-refractivity contribution in [2.45, 2.75) is 6.54 Å². The van der Waals surface area contributed by atoms with Crippen LogP contribution in [0.4, 0.5) is 0 Å². The zero-order valence-corrected chi connectivity index (χ0v) is 11.5. The van der Waals surface area contributed by atoms with E-state index in [9.17, 15) is 4.79 Å². The number of para-hydroxylation sites is 1. The van der Waals surface area contributed by atoms with Gasteiger partial charge in [0.25, 0.3) is 5.91 Å². The number of aromatic amines is 1. The maximum atomic E-state index is 12.6. The fraction of sp³-hybridized carbons (Fsp3) is 0.200. The lowest BCUT2D eigenvalue weighted by atomic mass is 10.1. The third-order valence-electron chi connectivity index (χ3n) is 3.45. The molecule has 0 unspecified atom stereocenters. The van der Waals surface area contributed by atoms with Crippen LogP contribution < -0.4 is 0 Å². The van der Waals surface area contributed by atoms with Crippen LogP contribution in [0.25, 0.3) is 10.9 Å². The van der Waals surface area contributed by atoms with Gasteiger partial charge in [0.15, 0.2) is 0 Å². The van der Waals surface area contributed by atoms with Gasteiger partial charge in [-0.1, -0.05) is 18.2 Å². The van der Waals surface area contributed by atoms with Crippen molar-refractivity contribution in [1.29, 1.82) is 0 Å². The molecular weight excluding hydrogens is 252 g/mol. The molecule has 0 aliphatic rings. The van der Waals surface area contributed by atoms with Gasteiger partial charge in [-0.3, -0.25) is 9.89 Å². The number of hydrogen-bond acceptors (Lipinski definition) is 2. The molecule has 0 aliphatic carbocycles. The molecule has 2 aromatic heterocycles. The molecule has 5 nitrogen and oxygen atoms in total. The van der Waals surface area contributed by atoms with E-state index in [-0.39, 0.29) is 5.91 Å². The van der Waals surface area contributed by atoms with E-state index in [2.05, 4.69) is 10.2 Å². The van der Waals surface area contributed by atoms with E-state index in [4.69, 9.17) is 0 Å². The number of aromatic nitrogens is 3. The molecule has 0 spiro atoms.